The van der Waals surface area contributed by atoms with Crippen LogP contribution in [0.2, 0.25) is 0 Å². The van der Waals surface area contributed by atoms with E-state index in [1.165, 1.54) is 11.6 Å². The average molecular weight is 512 g/mol. The fourth-order valence-corrected chi connectivity index (χ4v) is 5.95. The van der Waals surface area contributed by atoms with Crippen molar-refractivity contribution in [1.82, 2.24) is 20.2 Å². The van der Waals surface area contributed by atoms with Crippen molar-refractivity contribution in [2.75, 3.05) is 26.1 Å². The normalized spacial score (nSPS) is 23.4. The summed E-state index contributed by atoms with van der Waals surface area (Å²) in [7, 11) is 3.27. The third-order valence-corrected chi connectivity index (χ3v) is 7.75. The molecule has 3 aromatic rings. The Kier molecular flexibility index (Phi) is 7.01. The van der Waals surface area contributed by atoms with E-state index in [1.807, 2.05) is 12.3 Å². The van der Waals surface area contributed by atoms with E-state index in [2.05, 4.69) is 37.6 Å². The molecule has 2 fully saturated rings. The molecule has 1 saturated carbocycles. The number of ether oxygens (including phenoxy) is 2. The lowest BCUT2D eigenvalue weighted by Crippen LogP contribution is -2.52. The van der Waals surface area contributed by atoms with E-state index in [0.717, 1.165) is 50.2 Å². The Bertz CT molecular complexity index is 1250. The van der Waals surface area contributed by atoms with Crippen molar-refractivity contribution < 1.29 is 23.0 Å². The van der Waals surface area contributed by atoms with Gasteiger partial charge in [0.15, 0.2) is 23.1 Å². The fourth-order valence-electron chi connectivity index (χ4n) is 5.95. The average Bonchev–Trinajstić information content (AvgIpc) is 3.55. The minimum Gasteiger partial charge on any atom is -0.493 e. The number of methoxy groups -OCH3 is 2. The number of carbonyl (C=O) groups is 1. The van der Waals surface area contributed by atoms with Gasteiger partial charge >= 0.3 is 6.03 Å². The Hall–Kier alpha value is -3.66. The summed E-state index contributed by atoms with van der Waals surface area (Å²) >= 11 is 0. The number of carbonyl (C=O) groups excluding carboxylic acids is 1. The molecule has 2 amide bonds. The van der Waals surface area contributed by atoms with Crippen molar-refractivity contribution in [2.45, 2.75) is 49.7 Å². The molecule has 1 aliphatic carbocycles. The van der Waals surface area contributed by atoms with Gasteiger partial charge in [-0.2, -0.15) is 0 Å². The van der Waals surface area contributed by atoms with Crippen molar-refractivity contribution >= 4 is 11.7 Å². The number of likely N-dealkylation sites (tertiary alicyclic amines) is 1. The zero-order valence-corrected chi connectivity index (χ0v) is 20.9. The predicted molar refractivity (Wildman–Crippen MR) is 135 cm³/mol. The van der Waals surface area contributed by atoms with Crippen LogP contribution >= 0.6 is 0 Å². The first kappa shape index (κ1) is 25.0. The molecule has 2 aromatic carbocycles. The van der Waals surface area contributed by atoms with Gasteiger partial charge in [-0.1, -0.05) is 6.07 Å². The summed E-state index contributed by atoms with van der Waals surface area (Å²) in [5.41, 5.74) is 1.29. The van der Waals surface area contributed by atoms with Crippen LogP contribution in [-0.2, 0) is 12.0 Å². The van der Waals surface area contributed by atoms with Gasteiger partial charge in [-0.25, -0.2) is 18.6 Å². The summed E-state index contributed by atoms with van der Waals surface area (Å²) in [5, 5.41) is 5.66. The highest BCUT2D eigenvalue weighted by atomic mass is 19.2. The number of nitrogens with one attached hydrogen (secondary N) is 3. The van der Waals surface area contributed by atoms with Crippen LogP contribution in [0.5, 0.6) is 11.5 Å². The highest BCUT2D eigenvalue weighted by Gasteiger charge is 2.51. The molecule has 2 aliphatic rings. The number of aromatic nitrogens is 2. The van der Waals surface area contributed by atoms with Crippen LogP contribution in [0.4, 0.5) is 19.3 Å². The Morgan fingerprint density at radius 2 is 1.97 bits per heavy atom. The fraction of sp³-hybridized carbons (Fsp3) is 0.407. The zero-order valence-electron chi connectivity index (χ0n) is 20.9. The third-order valence-electron chi connectivity index (χ3n) is 7.75. The lowest BCUT2D eigenvalue weighted by molar-refractivity contribution is 0.129. The minimum atomic E-state index is -1.00. The number of urea groups is 1. The molecule has 5 rings (SSSR count). The molecule has 3 N–H and O–H groups in total. The van der Waals surface area contributed by atoms with Gasteiger partial charge in [0.1, 0.15) is 5.82 Å². The number of hydrogen-bond donors (Lipinski definition) is 3. The number of rotatable bonds is 7. The van der Waals surface area contributed by atoms with Crippen molar-refractivity contribution in [2.24, 2.45) is 0 Å². The number of benzene rings is 2. The minimum absolute atomic E-state index is 0.0826. The van der Waals surface area contributed by atoms with Gasteiger partial charge in [-0.3, -0.25) is 4.90 Å². The van der Waals surface area contributed by atoms with Gasteiger partial charge in [0.2, 0.25) is 0 Å². The van der Waals surface area contributed by atoms with E-state index in [-0.39, 0.29) is 23.2 Å². The topological polar surface area (TPSA) is 91.5 Å². The summed E-state index contributed by atoms with van der Waals surface area (Å²) < 4.78 is 37.9. The molecule has 0 unspecified atom stereocenters. The molecule has 0 spiro atoms. The van der Waals surface area contributed by atoms with Crippen molar-refractivity contribution in [1.29, 1.82) is 0 Å². The zero-order chi connectivity index (χ0) is 26.0. The molecule has 0 radical (unpaired) electrons. The summed E-state index contributed by atoms with van der Waals surface area (Å²) in [4.78, 5) is 22.8. The Labute approximate surface area is 214 Å². The van der Waals surface area contributed by atoms with Crippen LogP contribution in [0, 0.1) is 11.6 Å². The number of aromatic amines is 1. The summed E-state index contributed by atoms with van der Waals surface area (Å²) in [5.74, 6) is 0.323. The van der Waals surface area contributed by atoms with Crippen LogP contribution < -0.4 is 20.1 Å². The van der Waals surface area contributed by atoms with Gasteiger partial charge < -0.3 is 25.1 Å². The van der Waals surface area contributed by atoms with Crippen LogP contribution in [0.1, 0.15) is 37.1 Å². The number of fused-ring (bicyclic) bond motifs is 1. The number of nitrogens with zero attached hydrogens (tertiary/aromatic N) is 2. The van der Waals surface area contributed by atoms with E-state index in [9.17, 15) is 13.6 Å². The van der Waals surface area contributed by atoms with E-state index in [4.69, 9.17) is 9.47 Å². The van der Waals surface area contributed by atoms with Crippen LogP contribution in [0.3, 0.4) is 0 Å². The summed E-state index contributed by atoms with van der Waals surface area (Å²) in [6, 6.07) is 9.08. The van der Waals surface area contributed by atoms with Crippen LogP contribution in [-0.4, -0.2) is 53.7 Å². The largest absolute Gasteiger partial charge is 0.493 e. The quantitative estimate of drug-likeness (QED) is 0.432. The SMILES string of the molecule is COc1ccc([C@@]23CC[C@@H](NC(=O)Nc4ccc(F)c(F)c4)C[C@@H]2N(Cc2ncc[nH]2)CC3)cc1OC. The molecule has 1 aliphatic heterocycles. The smallest absolute Gasteiger partial charge is 0.319 e. The first-order valence-electron chi connectivity index (χ1n) is 12.4. The molecule has 2 heterocycles. The highest BCUT2D eigenvalue weighted by molar-refractivity contribution is 5.89. The van der Waals surface area contributed by atoms with Gasteiger partial charge in [0, 0.05) is 41.6 Å². The van der Waals surface area contributed by atoms with E-state index < -0.39 is 17.7 Å². The molecule has 8 nitrogen and oxygen atoms in total. The lowest BCUT2D eigenvalue weighted by Gasteiger charge is -2.45. The standard InChI is InChI=1S/C27H31F2N5O3/c1-36-22-6-3-17(13-23(22)37-2)27-8-7-19(33-26(35)32-18-4-5-20(28)21(29)14-18)15-24(27)34(12-9-27)16-25-30-10-11-31-25/h3-6,10-11,13-14,19,24H,7-9,12,15-16H2,1-2H3,(H,30,31)(H2,32,33,35)/t19-,24+,27+/m1/s1. The molecular weight excluding hydrogens is 480 g/mol. The summed E-state index contributed by atoms with van der Waals surface area (Å²) in [6.45, 7) is 1.58. The molecule has 37 heavy (non-hydrogen) atoms. The maximum atomic E-state index is 13.6. The maximum Gasteiger partial charge on any atom is 0.319 e. The highest BCUT2D eigenvalue weighted by Crippen LogP contribution is 2.50. The predicted octanol–water partition coefficient (Wildman–Crippen LogP) is 4.59. The molecule has 196 valence electrons. The number of halogens is 2. The van der Waals surface area contributed by atoms with Gasteiger partial charge in [0.05, 0.1) is 20.8 Å². The van der Waals surface area contributed by atoms with E-state index in [1.54, 1.807) is 20.4 Å². The monoisotopic (exact) mass is 511 g/mol. The maximum absolute atomic E-state index is 13.6. The van der Waals surface area contributed by atoms with Gasteiger partial charge in [0.25, 0.3) is 0 Å². The van der Waals surface area contributed by atoms with Crippen molar-refractivity contribution in [3.05, 3.63) is 71.8 Å². The molecule has 0 bridgehead atoms. The van der Waals surface area contributed by atoms with Gasteiger partial charge in [-0.05, 0) is 62.1 Å². The third kappa shape index (κ3) is 4.98. The number of amides is 2. The van der Waals surface area contributed by atoms with Crippen molar-refractivity contribution in [3.63, 3.8) is 0 Å². The van der Waals surface area contributed by atoms with Gasteiger partial charge in [-0.15, -0.1) is 0 Å². The first-order valence-corrected chi connectivity index (χ1v) is 12.4. The number of anilines is 1. The number of imidazole rings is 1. The first-order chi connectivity index (χ1) is 17.9. The number of hydrogen-bond acceptors (Lipinski definition) is 5. The van der Waals surface area contributed by atoms with E-state index >= 15 is 0 Å². The second-order valence-electron chi connectivity index (χ2n) is 9.70. The molecule has 3 atom stereocenters. The second-order valence-corrected chi connectivity index (χ2v) is 9.70. The Morgan fingerprint density at radius 1 is 1.14 bits per heavy atom. The summed E-state index contributed by atoms with van der Waals surface area (Å²) in [6.07, 6.45) is 6.94. The molecule has 1 saturated heterocycles. The Balaban J connectivity index is 1.36. The molecular formula is C27H31F2N5O3. The molecule has 1 aromatic heterocycles. The van der Waals surface area contributed by atoms with Crippen molar-refractivity contribution in [3.8, 4) is 11.5 Å². The lowest BCUT2D eigenvalue weighted by atomic mass is 9.65. The Morgan fingerprint density at radius 3 is 2.70 bits per heavy atom. The van der Waals surface area contributed by atoms with Crippen LogP contribution in [0.25, 0.3) is 0 Å². The number of H-pyrrole nitrogens is 1. The second kappa shape index (κ2) is 10.4. The molecule has 10 heteroatoms. The van der Waals surface area contributed by atoms with E-state index in [0.29, 0.717) is 18.0 Å². The van der Waals surface area contributed by atoms with Crippen LogP contribution in [0.15, 0.2) is 48.8 Å².